The molecule has 0 saturated heterocycles. The van der Waals surface area contributed by atoms with Crippen LogP contribution in [0.1, 0.15) is 187 Å². The van der Waals surface area contributed by atoms with Gasteiger partial charge >= 0.3 is 5.97 Å². The summed E-state index contributed by atoms with van der Waals surface area (Å²) in [6, 6.07) is -0.667. The molecule has 0 aromatic rings. The summed E-state index contributed by atoms with van der Waals surface area (Å²) in [5, 5.41) is 8.75. The fraction of sp³-hybridized carbons (Fsp3) is 0.968. The molecule has 0 aromatic carbocycles. The first kappa shape index (κ1) is 33.4. The second-order valence-electron chi connectivity index (χ2n) is 10.9. The third-order valence-corrected chi connectivity index (χ3v) is 7.44. The van der Waals surface area contributed by atoms with E-state index in [-0.39, 0.29) is 0 Å². The highest BCUT2D eigenvalue weighted by Gasteiger charge is 2.09. The number of hydrogen-bond acceptors (Lipinski definition) is 2. The average Bonchev–Trinajstić information content (AvgIpc) is 2.83. The number of nitrogens with two attached hydrogens (primary N) is 1. The summed E-state index contributed by atoms with van der Waals surface area (Å²) < 4.78 is 0. The minimum atomic E-state index is -0.866. The topological polar surface area (TPSA) is 63.3 Å². The normalized spacial score (nSPS) is 12.3. The molecule has 204 valence electrons. The number of carboxylic acid groups (broad SMARTS) is 1. The van der Waals surface area contributed by atoms with E-state index in [9.17, 15) is 4.79 Å². The van der Waals surface area contributed by atoms with E-state index < -0.39 is 12.0 Å². The molecule has 0 radical (unpaired) electrons. The van der Waals surface area contributed by atoms with Crippen molar-refractivity contribution in [2.24, 2.45) is 5.73 Å². The fourth-order valence-electron chi connectivity index (χ4n) is 4.98. The van der Waals surface area contributed by atoms with Crippen molar-refractivity contribution in [3.8, 4) is 0 Å². The Bertz CT molecular complexity index is 399. The molecule has 3 N–H and O–H groups in total. The number of rotatable bonds is 29. The molecule has 34 heavy (non-hydrogen) atoms. The Morgan fingerprint density at radius 3 is 0.882 bits per heavy atom. The Hall–Kier alpha value is -0.570. The number of hydrogen-bond donors (Lipinski definition) is 2. The monoisotopic (exact) mass is 481 g/mol. The molecule has 0 aliphatic heterocycles. The molecule has 0 amide bonds. The Balaban J connectivity index is 3.05. The first-order valence-corrected chi connectivity index (χ1v) is 15.7. The van der Waals surface area contributed by atoms with Crippen LogP contribution >= 0.6 is 0 Å². The van der Waals surface area contributed by atoms with Crippen molar-refractivity contribution in [3.05, 3.63) is 0 Å². The minimum absolute atomic E-state index is 0.620. The van der Waals surface area contributed by atoms with Gasteiger partial charge in [-0.15, -0.1) is 0 Å². The largest absolute Gasteiger partial charge is 0.480 e. The molecule has 0 aliphatic carbocycles. The van der Waals surface area contributed by atoms with Gasteiger partial charge in [-0.3, -0.25) is 4.79 Å². The average molecular weight is 482 g/mol. The zero-order valence-electron chi connectivity index (χ0n) is 23.3. The van der Waals surface area contributed by atoms with E-state index >= 15 is 0 Å². The molecule has 3 nitrogen and oxygen atoms in total. The summed E-state index contributed by atoms with van der Waals surface area (Å²) in [5.41, 5.74) is 5.52. The molecule has 1 unspecified atom stereocenters. The van der Waals surface area contributed by atoms with Gasteiger partial charge in [-0.1, -0.05) is 180 Å². The highest BCUT2D eigenvalue weighted by molar-refractivity contribution is 5.72. The molecule has 0 fully saturated rings. The number of carbonyl (C=O) groups is 1. The third kappa shape index (κ3) is 27.7. The standard InChI is InChI=1S/C31H63NO2/c1-2-3-4-5-6-7-8-9-10-11-12-13-14-15-16-17-18-19-20-21-22-23-24-25-26-27-28-29-30(32)31(33)34/h30H,2-29,32H2,1H3,(H,33,34). The SMILES string of the molecule is CCCCCCCCCCCCCCCCCCCCCCCCCCCCCC(N)C(=O)O. The van der Waals surface area contributed by atoms with Gasteiger partial charge in [0.05, 0.1) is 0 Å². The maximum atomic E-state index is 10.7. The second kappa shape index (κ2) is 28.7. The molecular formula is C31H63NO2. The third-order valence-electron chi connectivity index (χ3n) is 7.44. The van der Waals surface area contributed by atoms with Crippen LogP contribution in [0.2, 0.25) is 0 Å². The lowest BCUT2D eigenvalue weighted by atomic mass is 10.0. The first-order chi connectivity index (χ1) is 16.7. The van der Waals surface area contributed by atoms with Crippen LogP contribution in [0.5, 0.6) is 0 Å². The van der Waals surface area contributed by atoms with Crippen molar-refractivity contribution in [2.75, 3.05) is 0 Å². The summed E-state index contributed by atoms with van der Waals surface area (Å²) in [6.45, 7) is 2.30. The fourth-order valence-corrected chi connectivity index (χ4v) is 4.98. The van der Waals surface area contributed by atoms with E-state index in [1.165, 1.54) is 161 Å². The zero-order valence-corrected chi connectivity index (χ0v) is 23.3. The quantitative estimate of drug-likeness (QED) is 0.104. The molecule has 0 aliphatic rings. The van der Waals surface area contributed by atoms with Crippen molar-refractivity contribution in [2.45, 2.75) is 193 Å². The minimum Gasteiger partial charge on any atom is -0.480 e. The lowest BCUT2D eigenvalue weighted by molar-refractivity contribution is -0.138. The zero-order chi connectivity index (χ0) is 25.0. The first-order valence-electron chi connectivity index (χ1n) is 15.7. The Kier molecular flexibility index (Phi) is 28.2. The van der Waals surface area contributed by atoms with Gasteiger partial charge in [-0.25, -0.2) is 0 Å². The van der Waals surface area contributed by atoms with E-state index in [2.05, 4.69) is 6.92 Å². The lowest BCUT2D eigenvalue weighted by Gasteiger charge is -2.06. The molecule has 0 heterocycles. The van der Waals surface area contributed by atoms with E-state index in [4.69, 9.17) is 10.8 Å². The molecule has 0 rings (SSSR count). The summed E-state index contributed by atoms with van der Waals surface area (Å²) in [4.78, 5) is 10.7. The van der Waals surface area contributed by atoms with E-state index in [0.717, 1.165) is 12.8 Å². The van der Waals surface area contributed by atoms with Gasteiger partial charge in [-0.2, -0.15) is 0 Å². The molecule has 0 saturated carbocycles. The highest BCUT2D eigenvalue weighted by atomic mass is 16.4. The van der Waals surface area contributed by atoms with E-state index in [1.807, 2.05) is 0 Å². The van der Waals surface area contributed by atoms with Crippen LogP contribution in [0.3, 0.4) is 0 Å². The summed E-state index contributed by atoms with van der Waals surface area (Å²) in [6.07, 6.45) is 38.3. The predicted octanol–water partition coefficient (Wildman–Crippen LogP) is 10.3. The number of carboxylic acids is 1. The van der Waals surface area contributed by atoms with Crippen LogP contribution in [0.4, 0.5) is 0 Å². The van der Waals surface area contributed by atoms with Gasteiger partial charge in [0.15, 0.2) is 0 Å². The van der Waals surface area contributed by atoms with E-state index in [1.54, 1.807) is 0 Å². The van der Waals surface area contributed by atoms with Crippen molar-refractivity contribution >= 4 is 5.97 Å². The molecule has 0 bridgehead atoms. The lowest BCUT2D eigenvalue weighted by Crippen LogP contribution is -2.29. The number of unbranched alkanes of at least 4 members (excludes halogenated alkanes) is 26. The van der Waals surface area contributed by atoms with Crippen LogP contribution in [-0.2, 0) is 4.79 Å². The summed E-state index contributed by atoms with van der Waals surface area (Å²) >= 11 is 0. The van der Waals surface area contributed by atoms with Gasteiger partial charge in [0.25, 0.3) is 0 Å². The molecule has 3 heteroatoms. The maximum Gasteiger partial charge on any atom is 0.320 e. The van der Waals surface area contributed by atoms with Crippen molar-refractivity contribution in [1.29, 1.82) is 0 Å². The molecule has 1 atom stereocenters. The van der Waals surface area contributed by atoms with Crippen molar-refractivity contribution in [3.63, 3.8) is 0 Å². The Labute approximate surface area is 214 Å². The van der Waals surface area contributed by atoms with Gasteiger partial charge in [0, 0.05) is 0 Å². The van der Waals surface area contributed by atoms with Crippen LogP contribution in [0.15, 0.2) is 0 Å². The van der Waals surface area contributed by atoms with Crippen LogP contribution in [0, 0.1) is 0 Å². The van der Waals surface area contributed by atoms with Gasteiger partial charge in [0.2, 0.25) is 0 Å². The van der Waals surface area contributed by atoms with Gasteiger partial charge in [-0.05, 0) is 6.42 Å². The van der Waals surface area contributed by atoms with Crippen LogP contribution in [-0.4, -0.2) is 17.1 Å². The van der Waals surface area contributed by atoms with Crippen LogP contribution in [0.25, 0.3) is 0 Å². The predicted molar refractivity (Wildman–Crippen MR) is 151 cm³/mol. The number of aliphatic carboxylic acids is 1. The molecular weight excluding hydrogens is 418 g/mol. The van der Waals surface area contributed by atoms with Gasteiger partial charge < -0.3 is 10.8 Å². The van der Waals surface area contributed by atoms with Crippen molar-refractivity contribution in [1.82, 2.24) is 0 Å². The van der Waals surface area contributed by atoms with Crippen LogP contribution < -0.4 is 5.73 Å². The Morgan fingerprint density at radius 2 is 0.676 bits per heavy atom. The maximum absolute atomic E-state index is 10.7. The second-order valence-corrected chi connectivity index (χ2v) is 10.9. The van der Waals surface area contributed by atoms with Gasteiger partial charge in [0.1, 0.15) is 6.04 Å². The summed E-state index contributed by atoms with van der Waals surface area (Å²) in [5.74, 6) is -0.866. The van der Waals surface area contributed by atoms with Crippen molar-refractivity contribution < 1.29 is 9.90 Å². The Morgan fingerprint density at radius 1 is 0.471 bits per heavy atom. The highest BCUT2D eigenvalue weighted by Crippen LogP contribution is 2.16. The molecule has 0 spiro atoms. The smallest absolute Gasteiger partial charge is 0.320 e. The molecule has 0 aromatic heterocycles. The summed E-state index contributed by atoms with van der Waals surface area (Å²) in [7, 11) is 0. The van der Waals surface area contributed by atoms with E-state index in [0.29, 0.717) is 6.42 Å².